The third kappa shape index (κ3) is 3.78. The lowest BCUT2D eigenvalue weighted by Gasteiger charge is -2.33. The molecule has 0 saturated carbocycles. The summed E-state index contributed by atoms with van der Waals surface area (Å²) in [6.07, 6.45) is 0.762. The summed E-state index contributed by atoms with van der Waals surface area (Å²) in [5.74, 6) is 0. The molecule has 1 heterocycles. The SMILES string of the molecule is CCCNC(=O)N1CCOC(c2ccc(Cl)c(Cl)c2)C1. The Morgan fingerprint density at radius 2 is 2.25 bits per heavy atom. The lowest BCUT2D eigenvalue weighted by atomic mass is 10.1. The fraction of sp³-hybridized carbons (Fsp3) is 0.500. The molecule has 0 radical (unpaired) electrons. The first-order chi connectivity index (χ1) is 9.61. The van der Waals surface area contributed by atoms with E-state index in [9.17, 15) is 4.79 Å². The Bertz CT molecular complexity index is 482. The summed E-state index contributed by atoms with van der Waals surface area (Å²) in [6, 6.07) is 5.38. The maximum Gasteiger partial charge on any atom is 0.317 e. The molecule has 110 valence electrons. The van der Waals surface area contributed by atoms with Gasteiger partial charge in [-0.15, -0.1) is 0 Å². The van der Waals surface area contributed by atoms with Gasteiger partial charge in [0.2, 0.25) is 0 Å². The van der Waals surface area contributed by atoms with E-state index in [4.69, 9.17) is 27.9 Å². The minimum absolute atomic E-state index is 0.0415. The molecule has 1 saturated heterocycles. The number of hydrogen-bond acceptors (Lipinski definition) is 2. The number of hydrogen-bond donors (Lipinski definition) is 1. The molecule has 0 aliphatic carbocycles. The van der Waals surface area contributed by atoms with Crippen molar-refractivity contribution in [2.45, 2.75) is 19.4 Å². The molecule has 4 nitrogen and oxygen atoms in total. The van der Waals surface area contributed by atoms with Gasteiger partial charge >= 0.3 is 6.03 Å². The first kappa shape index (κ1) is 15.4. The monoisotopic (exact) mass is 316 g/mol. The number of morpholine rings is 1. The van der Waals surface area contributed by atoms with Gasteiger partial charge in [0.15, 0.2) is 0 Å². The van der Waals surface area contributed by atoms with Gasteiger partial charge in [0.05, 0.1) is 23.2 Å². The first-order valence-corrected chi connectivity index (χ1v) is 7.46. The minimum atomic E-state index is -0.161. The molecule has 20 heavy (non-hydrogen) atoms. The number of nitrogens with one attached hydrogen (secondary N) is 1. The first-order valence-electron chi connectivity index (χ1n) is 6.71. The fourth-order valence-corrected chi connectivity index (χ4v) is 2.40. The molecular formula is C14H18Cl2N2O2. The Morgan fingerprint density at radius 3 is 2.95 bits per heavy atom. The van der Waals surface area contributed by atoms with Crippen LogP contribution in [0.25, 0.3) is 0 Å². The zero-order chi connectivity index (χ0) is 14.5. The van der Waals surface area contributed by atoms with Gasteiger partial charge in [-0.3, -0.25) is 0 Å². The van der Waals surface area contributed by atoms with Gasteiger partial charge in [0.25, 0.3) is 0 Å². The molecule has 0 bridgehead atoms. The maximum absolute atomic E-state index is 12.0. The number of urea groups is 1. The molecule has 1 aliphatic heterocycles. The molecule has 1 aliphatic rings. The van der Waals surface area contributed by atoms with Crippen molar-refractivity contribution in [2.24, 2.45) is 0 Å². The molecule has 1 atom stereocenters. The molecule has 6 heteroatoms. The van der Waals surface area contributed by atoms with Gasteiger partial charge in [0.1, 0.15) is 6.10 Å². The summed E-state index contributed by atoms with van der Waals surface area (Å²) >= 11 is 11.9. The average Bonchev–Trinajstić information content (AvgIpc) is 2.47. The van der Waals surface area contributed by atoms with Gasteiger partial charge < -0.3 is 15.0 Å². The highest BCUT2D eigenvalue weighted by Gasteiger charge is 2.25. The van der Waals surface area contributed by atoms with Crippen molar-refractivity contribution in [1.82, 2.24) is 10.2 Å². The second kappa shape index (κ2) is 7.16. The van der Waals surface area contributed by atoms with Gasteiger partial charge in [-0.2, -0.15) is 0 Å². The second-order valence-electron chi connectivity index (χ2n) is 4.71. The number of rotatable bonds is 3. The molecular weight excluding hydrogens is 299 g/mol. The lowest BCUT2D eigenvalue weighted by Crippen LogP contribution is -2.47. The van der Waals surface area contributed by atoms with Crippen LogP contribution in [0.1, 0.15) is 25.0 Å². The summed E-state index contributed by atoms with van der Waals surface area (Å²) in [6.45, 7) is 4.36. The van der Waals surface area contributed by atoms with Crippen LogP contribution >= 0.6 is 23.2 Å². The summed E-state index contributed by atoms with van der Waals surface area (Å²) < 4.78 is 5.72. The van der Waals surface area contributed by atoms with Crippen LogP contribution in [-0.4, -0.2) is 37.2 Å². The highest BCUT2D eigenvalue weighted by atomic mass is 35.5. The van der Waals surface area contributed by atoms with Gasteiger partial charge in [-0.05, 0) is 24.1 Å². The average molecular weight is 317 g/mol. The molecule has 1 aromatic carbocycles. The number of benzene rings is 1. The van der Waals surface area contributed by atoms with Crippen LogP contribution in [0, 0.1) is 0 Å². The van der Waals surface area contributed by atoms with Crippen molar-refractivity contribution in [1.29, 1.82) is 0 Å². The number of halogens is 2. The largest absolute Gasteiger partial charge is 0.370 e. The van der Waals surface area contributed by atoms with E-state index in [-0.39, 0.29) is 12.1 Å². The van der Waals surface area contributed by atoms with Crippen molar-refractivity contribution >= 4 is 29.2 Å². The maximum atomic E-state index is 12.0. The van der Waals surface area contributed by atoms with E-state index in [1.54, 1.807) is 17.0 Å². The molecule has 2 amide bonds. The van der Waals surface area contributed by atoms with E-state index in [0.29, 0.717) is 36.3 Å². The van der Waals surface area contributed by atoms with Crippen LogP contribution in [0.5, 0.6) is 0 Å². The van der Waals surface area contributed by atoms with Crippen LogP contribution in [0.3, 0.4) is 0 Å². The van der Waals surface area contributed by atoms with E-state index < -0.39 is 0 Å². The van der Waals surface area contributed by atoms with E-state index in [2.05, 4.69) is 5.32 Å². The Morgan fingerprint density at radius 1 is 1.45 bits per heavy atom. The van der Waals surface area contributed by atoms with Crippen molar-refractivity contribution in [3.05, 3.63) is 33.8 Å². The summed E-state index contributed by atoms with van der Waals surface area (Å²) in [5, 5.41) is 3.90. The summed E-state index contributed by atoms with van der Waals surface area (Å²) in [4.78, 5) is 13.7. The van der Waals surface area contributed by atoms with E-state index in [0.717, 1.165) is 12.0 Å². The van der Waals surface area contributed by atoms with Crippen molar-refractivity contribution in [3.63, 3.8) is 0 Å². The molecule has 0 aromatic heterocycles. The second-order valence-corrected chi connectivity index (χ2v) is 5.53. The van der Waals surface area contributed by atoms with Gasteiger partial charge in [-0.1, -0.05) is 36.2 Å². The fourth-order valence-electron chi connectivity index (χ4n) is 2.09. The highest BCUT2D eigenvalue weighted by molar-refractivity contribution is 6.42. The number of ether oxygens (including phenoxy) is 1. The van der Waals surface area contributed by atoms with E-state index >= 15 is 0 Å². The molecule has 1 unspecified atom stereocenters. The molecule has 2 rings (SSSR count). The number of nitrogens with zero attached hydrogens (tertiary/aromatic N) is 1. The van der Waals surface area contributed by atoms with Crippen molar-refractivity contribution in [2.75, 3.05) is 26.2 Å². The topological polar surface area (TPSA) is 41.6 Å². The predicted octanol–water partition coefficient (Wildman–Crippen LogP) is 3.49. The van der Waals surface area contributed by atoms with Crippen molar-refractivity contribution < 1.29 is 9.53 Å². The van der Waals surface area contributed by atoms with Gasteiger partial charge in [0, 0.05) is 13.1 Å². The normalized spacial score (nSPS) is 18.9. The van der Waals surface area contributed by atoms with Gasteiger partial charge in [-0.25, -0.2) is 4.79 Å². The summed E-state index contributed by atoms with van der Waals surface area (Å²) in [7, 11) is 0. The smallest absolute Gasteiger partial charge is 0.317 e. The third-order valence-electron chi connectivity index (χ3n) is 3.20. The zero-order valence-electron chi connectivity index (χ0n) is 11.4. The third-order valence-corrected chi connectivity index (χ3v) is 3.93. The van der Waals surface area contributed by atoms with E-state index in [1.807, 2.05) is 13.0 Å². The number of carbonyl (C=O) groups excluding carboxylic acids is 1. The standard InChI is InChI=1S/C14H18Cl2N2O2/c1-2-5-17-14(19)18-6-7-20-13(9-18)10-3-4-11(15)12(16)8-10/h3-4,8,13H,2,5-7,9H2,1H3,(H,17,19). The van der Waals surface area contributed by atoms with Crippen LogP contribution in [0.4, 0.5) is 4.79 Å². The quantitative estimate of drug-likeness (QED) is 0.927. The molecule has 1 aromatic rings. The van der Waals surface area contributed by atoms with Crippen LogP contribution in [0.15, 0.2) is 18.2 Å². The molecule has 0 spiro atoms. The molecule has 1 N–H and O–H groups in total. The van der Waals surface area contributed by atoms with Crippen LogP contribution < -0.4 is 5.32 Å². The number of amides is 2. The summed E-state index contributed by atoms with van der Waals surface area (Å²) in [5.41, 5.74) is 0.937. The molecule has 1 fully saturated rings. The Kier molecular flexibility index (Phi) is 5.52. The highest BCUT2D eigenvalue weighted by Crippen LogP contribution is 2.28. The Balaban J connectivity index is 2.02. The van der Waals surface area contributed by atoms with Crippen LogP contribution in [0.2, 0.25) is 10.0 Å². The Labute approximate surface area is 129 Å². The van der Waals surface area contributed by atoms with Crippen LogP contribution in [-0.2, 0) is 4.74 Å². The minimum Gasteiger partial charge on any atom is -0.370 e. The Hall–Kier alpha value is -0.970. The van der Waals surface area contributed by atoms with E-state index in [1.165, 1.54) is 0 Å². The number of carbonyl (C=O) groups is 1. The lowest BCUT2D eigenvalue weighted by molar-refractivity contribution is -0.0154. The van der Waals surface area contributed by atoms with Crippen molar-refractivity contribution in [3.8, 4) is 0 Å². The predicted molar refractivity (Wildman–Crippen MR) is 80.4 cm³/mol. The zero-order valence-corrected chi connectivity index (χ0v) is 12.9.